The molecule has 0 unspecified atom stereocenters. The van der Waals surface area contributed by atoms with Crippen molar-refractivity contribution in [3.8, 4) is 0 Å². The Bertz CT molecular complexity index is 333. The first-order chi connectivity index (χ1) is 9.10. The molecule has 2 heterocycles. The Balaban J connectivity index is 1.47. The standard InChI is InChI=1S/C15H27N3O/c1-12(2)17-6-8-18(9-7-17)14(19)13-10-15(11-13)4-3-5-16-15/h12-13,16H,3-11H2,1-2H3. The van der Waals surface area contributed by atoms with E-state index in [4.69, 9.17) is 0 Å². The molecule has 3 rings (SSSR count). The average molecular weight is 265 g/mol. The van der Waals surface area contributed by atoms with Crippen LogP contribution in [0.1, 0.15) is 39.5 Å². The van der Waals surface area contributed by atoms with Crippen molar-refractivity contribution in [3.05, 3.63) is 0 Å². The molecule has 0 aromatic rings. The lowest BCUT2D eigenvalue weighted by Gasteiger charge is -2.47. The van der Waals surface area contributed by atoms with E-state index in [1.54, 1.807) is 0 Å². The Morgan fingerprint density at radius 1 is 1.21 bits per heavy atom. The van der Waals surface area contributed by atoms with Gasteiger partial charge in [0.1, 0.15) is 0 Å². The lowest BCUT2D eigenvalue weighted by molar-refractivity contribution is -0.143. The monoisotopic (exact) mass is 265 g/mol. The van der Waals surface area contributed by atoms with Crippen molar-refractivity contribution in [1.29, 1.82) is 0 Å². The van der Waals surface area contributed by atoms with E-state index in [-0.39, 0.29) is 0 Å². The molecule has 3 fully saturated rings. The molecular formula is C15H27N3O. The minimum atomic E-state index is 0.302. The SMILES string of the molecule is CC(C)N1CCN(C(=O)C2CC3(CCCN3)C2)CC1. The smallest absolute Gasteiger partial charge is 0.225 e. The molecule has 1 amide bonds. The molecule has 1 N–H and O–H groups in total. The van der Waals surface area contributed by atoms with E-state index >= 15 is 0 Å². The summed E-state index contributed by atoms with van der Waals surface area (Å²) in [6, 6.07) is 0.604. The fraction of sp³-hybridized carbons (Fsp3) is 0.933. The Kier molecular flexibility index (Phi) is 3.56. The highest BCUT2D eigenvalue weighted by Crippen LogP contribution is 2.44. The molecule has 19 heavy (non-hydrogen) atoms. The summed E-state index contributed by atoms with van der Waals surface area (Å²) in [5.74, 6) is 0.721. The first-order valence-corrected chi connectivity index (χ1v) is 7.87. The zero-order chi connectivity index (χ0) is 13.5. The van der Waals surface area contributed by atoms with E-state index in [9.17, 15) is 4.79 Å². The van der Waals surface area contributed by atoms with Crippen LogP contribution in [0.2, 0.25) is 0 Å². The Labute approximate surface area is 116 Å². The fourth-order valence-electron chi connectivity index (χ4n) is 3.99. The van der Waals surface area contributed by atoms with Gasteiger partial charge in [-0.2, -0.15) is 0 Å². The molecule has 108 valence electrons. The van der Waals surface area contributed by atoms with Crippen molar-refractivity contribution in [3.63, 3.8) is 0 Å². The van der Waals surface area contributed by atoms with Crippen LogP contribution < -0.4 is 5.32 Å². The third-order valence-electron chi connectivity index (χ3n) is 5.31. The van der Waals surface area contributed by atoms with Gasteiger partial charge < -0.3 is 10.2 Å². The number of nitrogens with zero attached hydrogens (tertiary/aromatic N) is 2. The largest absolute Gasteiger partial charge is 0.340 e. The molecule has 2 aliphatic heterocycles. The van der Waals surface area contributed by atoms with Gasteiger partial charge in [0.2, 0.25) is 5.91 Å². The van der Waals surface area contributed by atoms with E-state index in [0.29, 0.717) is 23.4 Å². The molecule has 1 aliphatic carbocycles. The van der Waals surface area contributed by atoms with Gasteiger partial charge >= 0.3 is 0 Å². The maximum Gasteiger partial charge on any atom is 0.225 e. The van der Waals surface area contributed by atoms with Gasteiger partial charge in [-0.05, 0) is 46.1 Å². The first kappa shape index (κ1) is 13.4. The van der Waals surface area contributed by atoms with E-state index < -0.39 is 0 Å². The van der Waals surface area contributed by atoms with E-state index in [2.05, 4.69) is 29.0 Å². The molecule has 0 radical (unpaired) electrons. The molecule has 2 saturated heterocycles. The van der Waals surface area contributed by atoms with Crippen LogP contribution in [-0.2, 0) is 4.79 Å². The van der Waals surface area contributed by atoms with Gasteiger partial charge in [0.15, 0.2) is 0 Å². The number of rotatable bonds is 2. The Morgan fingerprint density at radius 3 is 2.42 bits per heavy atom. The van der Waals surface area contributed by atoms with Crippen LogP contribution >= 0.6 is 0 Å². The molecule has 1 saturated carbocycles. The number of carbonyl (C=O) groups is 1. The highest BCUT2D eigenvalue weighted by atomic mass is 16.2. The van der Waals surface area contributed by atoms with Crippen LogP contribution in [0.5, 0.6) is 0 Å². The topological polar surface area (TPSA) is 35.6 Å². The molecule has 1 spiro atoms. The maximum atomic E-state index is 12.5. The van der Waals surface area contributed by atoms with Gasteiger partial charge in [0.25, 0.3) is 0 Å². The lowest BCUT2D eigenvalue weighted by Crippen LogP contribution is -2.58. The molecule has 0 aromatic heterocycles. The summed E-state index contributed by atoms with van der Waals surface area (Å²) in [7, 11) is 0. The first-order valence-electron chi connectivity index (χ1n) is 7.87. The number of carbonyl (C=O) groups excluding carboxylic acids is 1. The minimum Gasteiger partial charge on any atom is -0.340 e. The van der Waals surface area contributed by atoms with Crippen molar-refractivity contribution < 1.29 is 4.79 Å². The van der Waals surface area contributed by atoms with Crippen LogP contribution in [0, 0.1) is 5.92 Å². The second kappa shape index (κ2) is 5.06. The Hall–Kier alpha value is -0.610. The predicted molar refractivity (Wildman–Crippen MR) is 76.0 cm³/mol. The van der Waals surface area contributed by atoms with Crippen molar-refractivity contribution in [2.75, 3.05) is 32.7 Å². The summed E-state index contributed by atoms with van der Waals surface area (Å²) in [6.45, 7) is 9.55. The third-order valence-corrected chi connectivity index (χ3v) is 5.31. The molecular weight excluding hydrogens is 238 g/mol. The van der Waals surface area contributed by atoms with E-state index in [0.717, 1.165) is 45.6 Å². The highest BCUT2D eigenvalue weighted by molar-refractivity contribution is 5.80. The second-order valence-electron chi connectivity index (χ2n) is 6.87. The lowest BCUT2D eigenvalue weighted by atomic mass is 9.67. The van der Waals surface area contributed by atoms with Gasteiger partial charge in [-0.1, -0.05) is 0 Å². The number of nitrogens with one attached hydrogen (secondary N) is 1. The van der Waals surface area contributed by atoms with Crippen LogP contribution in [0.4, 0.5) is 0 Å². The quantitative estimate of drug-likeness (QED) is 0.811. The summed E-state index contributed by atoms with van der Waals surface area (Å²) in [5.41, 5.74) is 0.347. The van der Waals surface area contributed by atoms with Crippen molar-refractivity contribution in [2.24, 2.45) is 5.92 Å². The molecule has 4 nitrogen and oxygen atoms in total. The maximum absolute atomic E-state index is 12.5. The summed E-state index contributed by atoms with van der Waals surface area (Å²) in [5, 5.41) is 3.60. The highest BCUT2D eigenvalue weighted by Gasteiger charge is 2.49. The van der Waals surface area contributed by atoms with Gasteiger partial charge in [0, 0.05) is 43.7 Å². The molecule has 0 aromatic carbocycles. The fourth-order valence-corrected chi connectivity index (χ4v) is 3.99. The average Bonchev–Trinajstić information content (AvgIpc) is 2.86. The number of piperazine rings is 1. The van der Waals surface area contributed by atoms with Gasteiger partial charge in [-0.25, -0.2) is 0 Å². The second-order valence-corrected chi connectivity index (χ2v) is 6.87. The van der Waals surface area contributed by atoms with Crippen LogP contribution in [-0.4, -0.2) is 60.0 Å². The molecule has 0 bridgehead atoms. The third kappa shape index (κ3) is 2.52. The summed E-state index contributed by atoms with van der Waals surface area (Å²) < 4.78 is 0. The van der Waals surface area contributed by atoms with Crippen molar-refractivity contribution >= 4 is 5.91 Å². The number of hydrogen-bond donors (Lipinski definition) is 1. The van der Waals surface area contributed by atoms with Crippen molar-refractivity contribution in [1.82, 2.24) is 15.1 Å². The van der Waals surface area contributed by atoms with Gasteiger partial charge in [-0.3, -0.25) is 9.69 Å². The van der Waals surface area contributed by atoms with Crippen molar-refractivity contribution in [2.45, 2.75) is 51.1 Å². The zero-order valence-electron chi connectivity index (χ0n) is 12.3. The van der Waals surface area contributed by atoms with Crippen LogP contribution in [0.15, 0.2) is 0 Å². The molecule has 4 heteroatoms. The van der Waals surface area contributed by atoms with Crippen LogP contribution in [0.25, 0.3) is 0 Å². The van der Waals surface area contributed by atoms with Gasteiger partial charge in [-0.15, -0.1) is 0 Å². The molecule has 0 atom stereocenters. The number of hydrogen-bond acceptors (Lipinski definition) is 3. The number of amides is 1. The minimum absolute atomic E-state index is 0.302. The summed E-state index contributed by atoms with van der Waals surface area (Å²) >= 11 is 0. The van der Waals surface area contributed by atoms with Crippen LogP contribution in [0.3, 0.4) is 0 Å². The summed E-state index contributed by atoms with van der Waals surface area (Å²) in [4.78, 5) is 17.0. The zero-order valence-corrected chi connectivity index (χ0v) is 12.3. The summed E-state index contributed by atoms with van der Waals surface area (Å²) in [6.07, 6.45) is 4.72. The molecule has 3 aliphatic rings. The predicted octanol–water partition coefficient (Wildman–Crippen LogP) is 1.07. The van der Waals surface area contributed by atoms with Gasteiger partial charge in [0.05, 0.1) is 0 Å². The van der Waals surface area contributed by atoms with E-state index in [1.165, 1.54) is 12.8 Å². The Morgan fingerprint density at radius 2 is 1.89 bits per heavy atom. The van der Waals surface area contributed by atoms with E-state index in [1.807, 2.05) is 0 Å². The normalized spacial score (nSPS) is 35.9.